The number of halogens is 1. The smallest absolute Gasteiger partial charge is 0.290 e. The Bertz CT molecular complexity index is 969. The minimum Gasteiger partial charge on any atom is -0.394 e. The minimum atomic E-state index is -0.964. The van der Waals surface area contributed by atoms with Crippen LogP contribution in [0.5, 0.6) is 0 Å². The van der Waals surface area contributed by atoms with E-state index in [1.807, 2.05) is 17.5 Å². The lowest BCUT2D eigenvalue weighted by molar-refractivity contribution is -0.119. The number of nitrogen functional groups attached to an aromatic ring is 1. The van der Waals surface area contributed by atoms with E-state index in [0.29, 0.717) is 5.69 Å². The third-order valence-corrected chi connectivity index (χ3v) is 4.51. The fourth-order valence-electron chi connectivity index (χ4n) is 2.25. The molecule has 1 amide bonds. The lowest BCUT2D eigenvalue weighted by atomic mass is 10.2. The molecule has 0 radical (unpaired) electrons. The zero-order valence-electron chi connectivity index (χ0n) is 13.3. The van der Waals surface area contributed by atoms with Gasteiger partial charge in [-0.05, 0) is 36.6 Å². The second-order valence-electron chi connectivity index (χ2n) is 5.36. The monoisotopic (exact) mass is 358 g/mol. The average molecular weight is 358 g/mol. The van der Waals surface area contributed by atoms with E-state index in [4.69, 9.17) is 5.73 Å². The fraction of sp³-hybridized carbons (Fsp3) is 0.118. The van der Waals surface area contributed by atoms with Crippen LogP contribution in [-0.2, 0) is 4.79 Å². The molecule has 2 heterocycles. The molecule has 3 N–H and O–H groups in total. The van der Waals surface area contributed by atoms with E-state index in [9.17, 15) is 14.0 Å². The third-order valence-electron chi connectivity index (χ3n) is 3.61. The van der Waals surface area contributed by atoms with Gasteiger partial charge in [0.25, 0.3) is 5.56 Å². The average Bonchev–Trinajstić information content (AvgIpc) is 3.13. The number of hydrogen-bond donors (Lipinski definition) is 2. The Morgan fingerprint density at radius 2 is 2.08 bits per heavy atom. The molecule has 2 aromatic heterocycles. The number of anilines is 2. The molecule has 0 aliphatic heterocycles. The van der Waals surface area contributed by atoms with E-state index < -0.39 is 23.3 Å². The largest absolute Gasteiger partial charge is 0.394 e. The molecule has 0 bridgehead atoms. The van der Waals surface area contributed by atoms with Crippen molar-refractivity contribution in [3.8, 4) is 10.6 Å². The zero-order chi connectivity index (χ0) is 18.0. The molecule has 1 aromatic carbocycles. The van der Waals surface area contributed by atoms with Crippen LogP contribution in [0.4, 0.5) is 15.8 Å². The van der Waals surface area contributed by atoms with Crippen LogP contribution >= 0.6 is 11.3 Å². The summed E-state index contributed by atoms with van der Waals surface area (Å²) in [5, 5.41) is 8.57. The van der Waals surface area contributed by atoms with Crippen LogP contribution in [0.1, 0.15) is 13.0 Å². The predicted octanol–water partition coefficient (Wildman–Crippen LogP) is 2.89. The van der Waals surface area contributed by atoms with Gasteiger partial charge in [0.05, 0.1) is 10.6 Å². The molecule has 0 spiro atoms. The molecule has 25 heavy (non-hydrogen) atoms. The van der Waals surface area contributed by atoms with E-state index in [0.717, 1.165) is 9.56 Å². The molecule has 0 aliphatic rings. The highest BCUT2D eigenvalue weighted by molar-refractivity contribution is 7.13. The van der Waals surface area contributed by atoms with E-state index in [2.05, 4.69) is 10.4 Å². The van der Waals surface area contributed by atoms with Gasteiger partial charge in [-0.2, -0.15) is 5.10 Å². The van der Waals surface area contributed by atoms with Gasteiger partial charge in [-0.15, -0.1) is 11.3 Å². The van der Waals surface area contributed by atoms with Gasteiger partial charge in [0.1, 0.15) is 23.2 Å². The summed E-state index contributed by atoms with van der Waals surface area (Å²) in [5.74, 6) is -1.13. The molecule has 6 nitrogen and oxygen atoms in total. The third kappa shape index (κ3) is 3.43. The Balaban J connectivity index is 1.94. The summed E-state index contributed by atoms with van der Waals surface area (Å²) in [5.41, 5.74) is 5.73. The summed E-state index contributed by atoms with van der Waals surface area (Å²) in [4.78, 5) is 25.5. The summed E-state index contributed by atoms with van der Waals surface area (Å²) in [6.45, 7) is 1.50. The molecule has 0 aliphatic carbocycles. The van der Waals surface area contributed by atoms with Crippen molar-refractivity contribution < 1.29 is 9.18 Å². The first-order valence-corrected chi connectivity index (χ1v) is 8.34. The quantitative estimate of drug-likeness (QED) is 0.750. The van der Waals surface area contributed by atoms with Crippen molar-refractivity contribution in [1.82, 2.24) is 9.78 Å². The molecule has 0 fully saturated rings. The van der Waals surface area contributed by atoms with Gasteiger partial charge in [-0.3, -0.25) is 9.59 Å². The lowest BCUT2D eigenvalue weighted by Crippen LogP contribution is -2.34. The van der Waals surface area contributed by atoms with Crippen molar-refractivity contribution >= 4 is 28.6 Å². The van der Waals surface area contributed by atoms with E-state index in [1.165, 1.54) is 42.5 Å². The van der Waals surface area contributed by atoms with Gasteiger partial charge in [0.15, 0.2) is 0 Å². The molecule has 0 unspecified atom stereocenters. The van der Waals surface area contributed by atoms with E-state index in [-0.39, 0.29) is 11.4 Å². The van der Waals surface area contributed by atoms with Gasteiger partial charge in [0.2, 0.25) is 5.91 Å². The normalized spacial score (nSPS) is 11.9. The predicted molar refractivity (Wildman–Crippen MR) is 96.0 cm³/mol. The summed E-state index contributed by atoms with van der Waals surface area (Å²) >= 11 is 1.44. The molecule has 1 atom stereocenters. The van der Waals surface area contributed by atoms with E-state index in [1.54, 1.807) is 6.07 Å². The number of nitrogens with two attached hydrogens (primary N) is 1. The van der Waals surface area contributed by atoms with Gasteiger partial charge in [-0.1, -0.05) is 18.2 Å². The lowest BCUT2D eigenvalue weighted by Gasteiger charge is -2.15. The number of thiophene rings is 1. The second-order valence-corrected chi connectivity index (χ2v) is 6.30. The maximum atomic E-state index is 13.7. The topological polar surface area (TPSA) is 90.0 Å². The van der Waals surface area contributed by atoms with Gasteiger partial charge < -0.3 is 11.1 Å². The number of amides is 1. The number of aromatic nitrogens is 2. The fourth-order valence-corrected chi connectivity index (χ4v) is 2.93. The second kappa shape index (κ2) is 6.86. The molecular weight excluding hydrogens is 343 g/mol. The number of nitrogens with one attached hydrogen (secondary N) is 1. The standard InChI is InChI=1S/C17H15FN4O2S/c1-10(16(23)20-13-6-3-2-5-11(13)18)22-17(24)12(19)9-14(21-22)15-7-4-8-25-15/h2-10H,19H2,1H3,(H,20,23)/t10-/m0/s1. The van der Waals surface area contributed by atoms with Crippen molar-refractivity contribution in [3.63, 3.8) is 0 Å². The minimum absolute atomic E-state index is 0.0102. The van der Waals surface area contributed by atoms with Crippen LogP contribution in [0.25, 0.3) is 10.6 Å². The molecule has 128 valence electrons. The van der Waals surface area contributed by atoms with Crippen LogP contribution in [0.2, 0.25) is 0 Å². The van der Waals surface area contributed by atoms with Gasteiger partial charge in [0, 0.05) is 0 Å². The molecule has 8 heteroatoms. The first kappa shape index (κ1) is 16.8. The molecule has 0 saturated carbocycles. The summed E-state index contributed by atoms with van der Waals surface area (Å²) in [6, 6.07) is 10.00. The Hall–Kier alpha value is -3.00. The van der Waals surface area contributed by atoms with Crippen LogP contribution in [0, 0.1) is 5.82 Å². The maximum Gasteiger partial charge on any atom is 0.290 e. The van der Waals surface area contributed by atoms with Crippen molar-refractivity contribution in [1.29, 1.82) is 0 Å². The van der Waals surface area contributed by atoms with Crippen molar-refractivity contribution in [3.05, 3.63) is 64.0 Å². The first-order chi connectivity index (χ1) is 12.0. The van der Waals surface area contributed by atoms with Crippen LogP contribution < -0.4 is 16.6 Å². The van der Waals surface area contributed by atoms with Crippen LogP contribution in [0.15, 0.2) is 52.6 Å². The van der Waals surface area contributed by atoms with Crippen molar-refractivity contribution in [2.45, 2.75) is 13.0 Å². The molecular formula is C17H15FN4O2S. The number of benzene rings is 1. The highest BCUT2D eigenvalue weighted by Crippen LogP contribution is 2.23. The maximum absolute atomic E-state index is 13.7. The Morgan fingerprint density at radius 3 is 2.76 bits per heavy atom. The van der Waals surface area contributed by atoms with Gasteiger partial charge in [-0.25, -0.2) is 9.07 Å². The Labute approximate surface area is 146 Å². The number of hydrogen-bond acceptors (Lipinski definition) is 5. The number of para-hydroxylation sites is 1. The van der Waals surface area contributed by atoms with Crippen molar-refractivity contribution in [2.75, 3.05) is 11.1 Å². The highest BCUT2D eigenvalue weighted by Gasteiger charge is 2.21. The number of rotatable bonds is 4. The number of nitrogens with zero attached hydrogens (tertiary/aromatic N) is 2. The summed E-state index contributed by atoms with van der Waals surface area (Å²) in [6.07, 6.45) is 0. The summed E-state index contributed by atoms with van der Waals surface area (Å²) < 4.78 is 14.7. The summed E-state index contributed by atoms with van der Waals surface area (Å²) in [7, 11) is 0. The van der Waals surface area contributed by atoms with Crippen molar-refractivity contribution in [2.24, 2.45) is 0 Å². The molecule has 3 aromatic rings. The van der Waals surface area contributed by atoms with E-state index >= 15 is 0 Å². The zero-order valence-corrected chi connectivity index (χ0v) is 14.1. The Kier molecular flexibility index (Phi) is 4.62. The first-order valence-electron chi connectivity index (χ1n) is 7.46. The SMILES string of the molecule is C[C@@H](C(=O)Nc1ccccc1F)n1nc(-c2cccs2)cc(N)c1=O. The molecule has 0 saturated heterocycles. The number of carbonyl (C=O) groups excluding carboxylic acids is 1. The van der Waals surface area contributed by atoms with Crippen LogP contribution in [0.3, 0.4) is 0 Å². The highest BCUT2D eigenvalue weighted by atomic mass is 32.1. The molecule has 3 rings (SSSR count). The van der Waals surface area contributed by atoms with Gasteiger partial charge >= 0.3 is 0 Å². The Morgan fingerprint density at radius 1 is 1.32 bits per heavy atom. The number of carbonyl (C=O) groups is 1. The van der Waals surface area contributed by atoms with Crippen LogP contribution in [-0.4, -0.2) is 15.7 Å².